The van der Waals surface area contributed by atoms with E-state index in [0.29, 0.717) is 5.75 Å². The van der Waals surface area contributed by atoms with E-state index in [1.807, 2.05) is 6.07 Å². The molecule has 0 amide bonds. The number of carboxylic acids is 1. The van der Waals surface area contributed by atoms with Crippen LogP contribution in [0, 0.1) is 0 Å². The fraction of sp³-hybridized carbons (Fsp3) is 0.375. The summed E-state index contributed by atoms with van der Waals surface area (Å²) in [5.41, 5.74) is 0.994. The van der Waals surface area contributed by atoms with Gasteiger partial charge in [-0.3, -0.25) is 10.1 Å². The van der Waals surface area contributed by atoms with Gasteiger partial charge in [0, 0.05) is 11.3 Å². The first-order valence-electron chi connectivity index (χ1n) is 3.90. The maximum atomic E-state index is 10.6. The SMILES string of the molecule is O=C(O)C1CSC(c2ccoc2)N1. The van der Waals surface area contributed by atoms with Gasteiger partial charge in [0.2, 0.25) is 0 Å². The number of hydrogen-bond acceptors (Lipinski definition) is 4. The highest BCUT2D eigenvalue weighted by Crippen LogP contribution is 2.32. The molecule has 2 heterocycles. The summed E-state index contributed by atoms with van der Waals surface area (Å²) < 4.78 is 4.92. The van der Waals surface area contributed by atoms with Gasteiger partial charge in [0.1, 0.15) is 6.04 Å². The van der Waals surface area contributed by atoms with E-state index in [0.717, 1.165) is 5.56 Å². The molecule has 1 aliphatic rings. The molecule has 0 bridgehead atoms. The zero-order valence-corrected chi connectivity index (χ0v) is 7.58. The van der Waals surface area contributed by atoms with Crippen molar-refractivity contribution in [3.63, 3.8) is 0 Å². The van der Waals surface area contributed by atoms with Gasteiger partial charge in [0.15, 0.2) is 0 Å². The average Bonchev–Trinajstić information content (AvgIpc) is 2.75. The van der Waals surface area contributed by atoms with Gasteiger partial charge in [0.25, 0.3) is 0 Å². The van der Waals surface area contributed by atoms with Crippen molar-refractivity contribution in [1.82, 2.24) is 5.32 Å². The molecule has 0 radical (unpaired) electrons. The van der Waals surface area contributed by atoms with Crippen LogP contribution in [0.1, 0.15) is 10.9 Å². The van der Waals surface area contributed by atoms with Gasteiger partial charge in [0.05, 0.1) is 17.9 Å². The maximum Gasteiger partial charge on any atom is 0.321 e. The molecule has 5 heteroatoms. The highest BCUT2D eigenvalue weighted by atomic mass is 32.2. The molecule has 1 aromatic rings. The van der Waals surface area contributed by atoms with Gasteiger partial charge in [-0.2, -0.15) is 0 Å². The van der Waals surface area contributed by atoms with Crippen molar-refractivity contribution in [3.05, 3.63) is 24.2 Å². The van der Waals surface area contributed by atoms with Crippen LogP contribution in [0.25, 0.3) is 0 Å². The summed E-state index contributed by atoms with van der Waals surface area (Å²) in [6.45, 7) is 0. The molecular weight excluding hydrogens is 190 g/mol. The Morgan fingerprint density at radius 1 is 1.77 bits per heavy atom. The number of hydrogen-bond donors (Lipinski definition) is 2. The number of aliphatic carboxylic acids is 1. The molecule has 13 heavy (non-hydrogen) atoms. The van der Waals surface area contributed by atoms with Gasteiger partial charge in [-0.05, 0) is 6.07 Å². The van der Waals surface area contributed by atoms with Gasteiger partial charge < -0.3 is 9.52 Å². The van der Waals surface area contributed by atoms with Crippen molar-refractivity contribution in [2.24, 2.45) is 0 Å². The van der Waals surface area contributed by atoms with E-state index in [4.69, 9.17) is 9.52 Å². The quantitative estimate of drug-likeness (QED) is 0.746. The lowest BCUT2D eigenvalue weighted by Gasteiger charge is -2.07. The Kier molecular flexibility index (Phi) is 2.28. The molecule has 2 rings (SSSR count). The van der Waals surface area contributed by atoms with Crippen LogP contribution >= 0.6 is 11.8 Å². The Bertz CT molecular complexity index is 298. The second-order valence-electron chi connectivity index (χ2n) is 2.83. The lowest BCUT2D eigenvalue weighted by molar-refractivity contribution is -0.138. The van der Waals surface area contributed by atoms with Crippen LogP contribution in [0.2, 0.25) is 0 Å². The molecule has 0 spiro atoms. The highest BCUT2D eigenvalue weighted by molar-refractivity contribution is 7.99. The molecule has 0 aromatic carbocycles. The van der Waals surface area contributed by atoms with E-state index in [1.54, 1.807) is 24.3 Å². The molecule has 0 aliphatic carbocycles. The van der Waals surface area contributed by atoms with Crippen LogP contribution in [-0.2, 0) is 4.79 Å². The van der Waals surface area contributed by atoms with Crippen molar-refractivity contribution < 1.29 is 14.3 Å². The molecule has 2 unspecified atom stereocenters. The monoisotopic (exact) mass is 199 g/mol. The molecular formula is C8H9NO3S. The Morgan fingerprint density at radius 3 is 3.15 bits per heavy atom. The van der Waals surface area contributed by atoms with Gasteiger partial charge in [-0.15, -0.1) is 11.8 Å². The van der Waals surface area contributed by atoms with Crippen molar-refractivity contribution in [3.8, 4) is 0 Å². The zero-order chi connectivity index (χ0) is 9.26. The van der Waals surface area contributed by atoms with Crippen LogP contribution < -0.4 is 5.32 Å². The molecule has 1 fully saturated rings. The topological polar surface area (TPSA) is 62.5 Å². The molecule has 1 aliphatic heterocycles. The third-order valence-electron chi connectivity index (χ3n) is 1.93. The predicted molar refractivity (Wildman–Crippen MR) is 48.5 cm³/mol. The van der Waals surface area contributed by atoms with E-state index >= 15 is 0 Å². The third kappa shape index (κ3) is 1.71. The van der Waals surface area contributed by atoms with Crippen LogP contribution in [0.15, 0.2) is 23.0 Å². The maximum absolute atomic E-state index is 10.6. The molecule has 2 N–H and O–H groups in total. The van der Waals surface area contributed by atoms with E-state index in [-0.39, 0.29) is 5.37 Å². The largest absolute Gasteiger partial charge is 0.480 e. The van der Waals surface area contributed by atoms with E-state index < -0.39 is 12.0 Å². The Balaban J connectivity index is 2.03. The Labute approximate surface area is 79.3 Å². The molecule has 1 aromatic heterocycles. The number of carbonyl (C=O) groups is 1. The number of nitrogens with one attached hydrogen (secondary N) is 1. The van der Waals surface area contributed by atoms with Crippen molar-refractivity contribution in [1.29, 1.82) is 0 Å². The lowest BCUT2D eigenvalue weighted by Crippen LogP contribution is -2.33. The van der Waals surface area contributed by atoms with E-state index in [2.05, 4.69) is 5.32 Å². The number of thioether (sulfide) groups is 1. The van der Waals surface area contributed by atoms with Crippen LogP contribution in [0.4, 0.5) is 0 Å². The summed E-state index contributed by atoms with van der Waals surface area (Å²) in [5, 5.41) is 11.8. The van der Waals surface area contributed by atoms with Crippen LogP contribution in [-0.4, -0.2) is 22.9 Å². The first kappa shape index (κ1) is 8.65. The van der Waals surface area contributed by atoms with E-state index in [1.165, 1.54) is 0 Å². The molecule has 70 valence electrons. The van der Waals surface area contributed by atoms with Crippen molar-refractivity contribution >= 4 is 17.7 Å². The Morgan fingerprint density at radius 2 is 2.62 bits per heavy atom. The van der Waals surface area contributed by atoms with E-state index in [9.17, 15) is 4.79 Å². The normalized spacial score (nSPS) is 27.7. The van der Waals surface area contributed by atoms with Gasteiger partial charge in [-0.25, -0.2) is 0 Å². The fourth-order valence-corrected chi connectivity index (χ4v) is 2.44. The number of furan rings is 1. The summed E-state index contributed by atoms with van der Waals surface area (Å²) in [6.07, 6.45) is 3.22. The summed E-state index contributed by atoms with van der Waals surface area (Å²) in [5.74, 6) is -0.191. The summed E-state index contributed by atoms with van der Waals surface area (Å²) >= 11 is 1.58. The molecule has 0 saturated carbocycles. The van der Waals surface area contributed by atoms with Crippen molar-refractivity contribution in [2.75, 3.05) is 5.75 Å². The van der Waals surface area contributed by atoms with Gasteiger partial charge in [-0.1, -0.05) is 0 Å². The smallest absolute Gasteiger partial charge is 0.321 e. The first-order valence-corrected chi connectivity index (χ1v) is 4.95. The van der Waals surface area contributed by atoms with Crippen molar-refractivity contribution in [2.45, 2.75) is 11.4 Å². The zero-order valence-electron chi connectivity index (χ0n) is 6.77. The second kappa shape index (κ2) is 3.43. The fourth-order valence-electron chi connectivity index (χ4n) is 1.23. The summed E-state index contributed by atoms with van der Waals surface area (Å²) in [6, 6.07) is 1.40. The highest BCUT2D eigenvalue weighted by Gasteiger charge is 2.30. The minimum Gasteiger partial charge on any atom is -0.480 e. The van der Waals surface area contributed by atoms with Crippen LogP contribution in [0.5, 0.6) is 0 Å². The summed E-state index contributed by atoms with van der Waals surface area (Å²) in [4.78, 5) is 10.6. The molecule has 4 nitrogen and oxygen atoms in total. The van der Waals surface area contributed by atoms with Crippen LogP contribution in [0.3, 0.4) is 0 Å². The minimum absolute atomic E-state index is 0.0554. The summed E-state index contributed by atoms with van der Waals surface area (Å²) in [7, 11) is 0. The lowest BCUT2D eigenvalue weighted by atomic mass is 10.3. The third-order valence-corrected chi connectivity index (χ3v) is 3.19. The minimum atomic E-state index is -0.793. The molecule has 2 atom stereocenters. The first-order chi connectivity index (χ1) is 6.27. The number of carboxylic acid groups (broad SMARTS) is 1. The number of rotatable bonds is 2. The standard InChI is InChI=1S/C8H9NO3S/c10-8(11)6-4-13-7(9-6)5-1-2-12-3-5/h1-3,6-7,9H,4H2,(H,10,11). The predicted octanol–water partition coefficient (Wildman–Crippen LogP) is 1.07. The molecule has 1 saturated heterocycles. The second-order valence-corrected chi connectivity index (χ2v) is 3.97. The average molecular weight is 199 g/mol. The van der Waals surface area contributed by atoms with Gasteiger partial charge >= 0.3 is 5.97 Å². The Hall–Kier alpha value is -0.940.